The Labute approximate surface area is 129 Å². The lowest BCUT2D eigenvalue weighted by atomic mass is 9.83. The molecule has 120 valence electrons. The van der Waals surface area contributed by atoms with Gasteiger partial charge in [0.05, 0.1) is 18.6 Å². The molecule has 6 heteroatoms. The number of methoxy groups -OCH3 is 1. The summed E-state index contributed by atoms with van der Waals surface area (Å²) < 4.78 is 19.0. The van der Waals surface area contributed by atoms with E-state index in [-0.39, 0.29) is 11.8 Å². The zero-order valence-corrected chi connectivity index (χ0v) is 12.8. The largest absolute Gasteiger partial charge is 0.383 e. The van der Waals surface area contributed by atoms with Crippen LogP contribution in [0.5, 0.6) is 0 Å². The topological polar surface area (TPSA) is 58.6 Å². The summed E-state index contributed by atoms with van der Waals surface area (Å²) in [6, 6.07) is 5.71. The summed E-state index contributed by atoms with van der Waals surface area (Å²) in [5.41, 5.74) is 0.380. The molecule has 22 heavy (non-hydrogen) atoms. The molecule has 1 heterocycles. The van der Waals surface area contributed by atoms with Crippen molar-refractivity contribution in [3.05, 3.63) is 35.6 Å². The maximum Gasteiger partial charge on any atom is 0.225 e. The number of halogens is 1. The Balaban J connectivity index is 2.25. The number of likely N-dealkylation sites (tertiary alicyclic amines) is 1. The van der Waals surface area contributed by atoms with Crippen LogP contribution in [0.25, 0.3) is 0 Å². The molecule has 0 radical (unpaired) electrons. The van der Waals surface area contributed by atoms with Crippen LogP contribution in [0.2, 0.25) is 0 Å². The van der Waals surface area contributed by atoms with Gasteiger partial charge in [-0.1, -0.05) is 18.2 Å². The lowest BCUT2D eigenvalue weighted by Crippen LogP contribution is -2.47. The lowest BCUT2D eigenvalue weighted by molar-refractivity contribution is -0.141. The number of nitrogens with zero attached hydrogens (tertiary/aromatic N) is 1. The highest BCUT2D eigenvalue weighted by molar-refractivity contribution is 5.84. The SMILES string of the molecule is COCCNC(=O)[C@H]1CCC(=O)N(C)[C@H]1c1ccccc1F. The van der Waals surface area contributed by atoms with Crippen LogP contribution in [0.3, 0.4) is 0 Å². The first kappa shape index (κ1) is 16.4. The van der Waals surface area contributed by atoms with Crippen LogP contribution >= 0.6 is 0 Å². The van der Waals surface area contributed by atoms with Crippen molar-refractivity contribution >= 4 is 11.8 Å². The second-order valence-electron chi connectivity index (χ2n) is 5.40. The number of hydrogen-bond donors (Lipinski definition) is 1. The lowest BCUT2D eigenvalue weighted by Gasteiger charge is -2.38. The Bertz CT molecular complexity index is 550. The molecule has 0 aliphatic carbocycles. The summed E-state index contributed by atoms with van der Waals surface area (Å²) in [7, 11) is 3.18. The van der Waals surface area contributed by atoms with Gasteiger partial charge in [-0.2, -0.15) is 0 Å². The van der Waals surface area contributed by atoms with Crippen molar-refractivity contribution in [3.63, 3.8) is 0 Å². The Hall–Kier alpha value is -1.95. The average Bonchev–Trinajstić information content (AvgIpc) is 2.51. The van der Waals surface area contributed by atoms with Crippen molar-refractivity contribution in [1.29, 1.82) is 0 Å². The van der Waals surface area contributed by atoms with Crippen molar-refractivity contribution in [3.8, 4) is 0 Å². The summed E-state index contributed by atoms with van der Waals surface area (Å²) in [5.74, 6) is -1.11. The van der Waals surface area contributed by atoms with Gasteiger partial charge in [-0.05, 0) is 12.5 Å². The van der Waals surface area contributed by atoms with Crippen LogP contribution in [-0.2, 0) is 14.3 Å². The van der Waals surface area contributed by atoms with Crippen molar-refractivity contribution < 1.29 is 18.7 Å². The minimum Gasteiger partial charge on any atom is -0.383 e. The van der Waals surface area contributed by atoms with Crippen LogP contribution in [0.4, 0.5) is 4.39 Å². The van der Waals surface area contributed by atoms with Crippen molar-refractivity contribution in [2.24, 2.45) is 5.92 Å². The summed E-state index contributed by atoms with van der Waals surface area (Å²) in [5, 5.41) is 2.78. The molecule has 5 nitrogen and oxygen atoms in total. The van der Waals surface area contributed by atoms with Gasteiger partial charge in [0.25, 0.3) is 0 Å². The molecule has 0 bridgehead atoms. The van der Waals surface area contributed by atoms with E-state index in [0.717, 1.165) is 0 Å². The van der Waals surface area contributed by atoms with Crippen LogP contribution in [-0.4, -0.2) is 44.0 Å². The van der Waals surface area contributed by atoms with Gasteiger partial charge in [0, 0.05) is 32.7 Å². The second kappa shape index (κ2) is 7.35. The molecule has 1 aliphatic rings. The Morgan fingerprint density at radius 1 is 1.45 bits per heavy atom. The maximum atomic E-state index is 14.1. The molecular weight excluding hydrogens is 287 g/mol. The number of benzene rings is 1. The molecule has 1 N–H and O–H groups in total. The van der Waals surface area contributed by atoms with Crippen molar-refractivity contribution in [1.82, 2.24) is 10.2 Å². The first-order chi connectivity index (χ1) is 10.6. The molecule has 2 atom stereocenters. The predicted octanol–water partition coefficient (Wildman–Crippen LogP) is 1.50. The molecule has 1 fully saturated rings. The van der Waals surface area contributed by atoms with E-state index < -0.39 is 17.8 Å². The average molecular weight is 308 g/mol. The van der Waals surface area contributed by atoms with E-state index in [9.17, 15) is 14.0 Å². The van der Waals surface area contributed by atoms with E-state index in [2.05, 4.69) is 5.32 Å². The fourth-order valence-electron chi connectivity index (χ4n) is 2.86. The molecular formula is C16H21FN2O3. The third kappa shape index (κ3) is 3.44. The Morgan fingerprint density at radius 2 is 2.18 bits per heavy atom. The minimum absolute atomic E-state index is 0.0748. The molecule has 0 saturated carbocycles. The molecule has 0 unspecified atom stereocenters. The number of hydrogen-bond acceptors (Lipinski definition) is 3. The molecule has 1 aliphatic heterocycles. The molecule has 0 spiro atoms. The molecule has 2 amide bonds. The van der Waals surface area contributed by atoms with Gasteiger partial charge in [0.1, 0.15) is 5.82 Å². The zero-order chi connectivity index (χ0) is 16.1. The van der Waals surface area contributed by atoms with Crippen LogP contribution in [0.15, 0.2) is 24.3 Å². The highest BCUT2D eigenvalue weighted by Gasteiger charge is 2.39. The number of ether oxygens (including phenoxy) is 1. The molecule has 0 aromatic heterocycles. The van der Waals surface area contributed by atoms with Crippen molar-refractivity contribution in [2.45, 2.75) is 18.9 Å². The van der Waals surface area contributed by atoms with Gasteiger partial charge in [-0.15, -0.1) is 0 Å². The zero-order valence-electron chi connectivity index (χ0n) is 12.8. The standard InChI is InChI=1S/C16H21FN2O3/c1-19-14(20)8-7-12(16(21)18-9-10-22-2)15(19)11-5-3-4-6-13(11)17/h3-6,12,15H,7-10H2,1-2H3,(H,18,21)/t12-,15-/m0/s1. The Kier molecular flexibility index (Phi) is 5.49. The molecule has 1 saturated heterocycles. The summed E-state index contributed by atoms with van der Waals surface area (Å²) in [6.45, 7) is 0.811. The van der Waals surface area contributed by atoms with E-state index in [1.165, 1.54) is 11.0 Å². The number of rotatable bonds is 5. The van der Waals surface area contributed by atoms with Crippen molar-refractivity contribution in [2.75, 3.05) is 27.3 Å². The van der Waals surface area contributed by atoms with E-state index in [1.807, 2.05) is 0 Å². The first-order valence-corrected chi connectivity index (χ1v) is 7.33. The van der Waals surface area contributed by atoms with Gasteiger partial charge >= 0.3 is 0 Å². The monoisotopic (exact) mass is 308 g/mol. The van der Waals surface area contributed by atoms with Crippen LogP contribution in [0, 0.1) is 11.7 Å². The quantitative estimate of drug-likeness (QED) is 0.839. The van der Waals surface area contributed by atoms with E-state index >= 15 is 0 Å². The predicted molar refractivity (Wildman–Crippen MR) is 79.5 cm³/mol. The normalized spacial score (nSPS) is 21.8. The number of nitrogens with one attached hydrogen (secondary N) is 1. The number of carbonyl (C=O) groups is 2. The van der Waals surface area contributed by atoms with Gasteiger partial charge in [-0.25, -0.2) is 4.39 Å². The Morgan fingerprint density at radius 3 is 2.86 bits per heavy atom. The summed E-state index contributed by atoms with van der Waals surface area (Å²) in [4.78, 5) is 25.8. The third-order valence-corrected chi connectivity index (χ3v) is 4.03. The van der Waals surface area contributed by atoms with Gasteiger partial charge in [0.2, 0.25) is 11.8 Å². The maximum absolute atomic E-state index is 14.1. The van der Waals surface area contributed by atoms with E-state index in [1.54, 1.807) is 32.4 Å². The number of amides is 2. The smallest absolute Gasteiger partial charge is 0.225 e. The highest BCUT2D eigenvalue weighted by atomic mass is 19.1. The van der Waals surface area contributed by atoms with Crippen LogP contribution < -0.4 is 5.32 Å². The van der Waals surface area contributed by atoms with E-state index in [0.29, 0.717) is 31.6 Å². The van der Waals surface area contributed by atoms with E-state index in [4.69, 9.17) is 4.74 Å². The molecule has 2 rings (SSSR count). The highest BCUT2D eigenvalue weighted by Crippen LogP contribution is 2.36. The molecule has 1 aromatic rings. The summed E-state index contributed by atoms with van der Waals surface area (Å²) >= 11 is 0. The number of carbonyl (C=O) groups excluding carboxylic acids is 2. The third-order valence-electron chi connectivity index (χ3n) is 4.03. The first-order valence-electron chi connectivity index (χ1n) is 7.33. The van der Waals surface area contributed by atoms with Gasteiger partial charge in [-0.3, -0.25) is 9.59 Å². The summed E-state index contributed by atoms with van der Waals surface area (Å²) in [6.07, 6.45) is 0.713. The fourth-order valence-corrected chi connectivity index (χ4v) is 2.86. The number of piperidine rings is 1. The molecule has 1 aromatic carbocycles. The second-order valence-corrected chi connectivity index (χ2v) is 5.40. The fraction of sp³-hybridized carbons (Fsp3) is 0.500. The van der Waals surface area contributed by atoms with Gasteiger partial charge in [0.15, 0.2) is 0 Å². The van der Waals surface area contributed by atoms with Crippen LogP contribution in [0.1, 0.15) is 24.4 Å². The van der Waals surface area contributed by atoms with Gasteiger partial charge < -0.3 is 15.0 Å². The minimum atomic E-state index is -0.579.